The number of hydrogen-bond donors (Lipinski definition) is 2. The number of carbonyl (C=O) groups excluding carboxylic acids is 1. The van der Waals surface area contributed by atoms with Gasteiger partial charge in [0, 0.05) is 31.7 Å². The predicted molar refractivity (Wildman–Crippen MR) is 131 cm³/mol. The fourth-order valence-electron chi connectivity index (χ4n) is 3.11. The smallest absolute Gasteiger partial charge is 0.256 e. The minimum absolute atomic E-state index is 0.326. The molecule has 2 aromatic heterocycles. The molecule has 0 aliphatic rings. The van der Waals surface area contributed by atoms with Crippen molar-refractivity contribution < 1.29 is 9.53 Å². The quantitative estimate of drug-likeness (QED) is 0.327. The van der Waals surface area contributed by atoms with Crippen molar-refractivity contribution >= 4 is 35.1 Å². The number of ether oxygens (including phenoxy) is 1. The molecule has 0 aliphatic heterocycles. The van der Waals surface area contributed by atoms with Crippen molar-refractivity contribution in [3.8, 4) is 5.88 Å². The number of carbonyl (C=O) groups is 1. The first-order valence-electron chi connectivity index (χ1n) is 9.97. The van der Waals surface area contributed by atoms with Crippen molar-refractivity contribution in [2.24, 2.45) is 14.1 Å². The average Bonchev–Trinajstić information content (AvgIpc) is 3.33. The lowest BCUT2D eigenvalue weighted by Crippen LogP contribution is -2.18. The number of imidazole rings is 1. The van der Waals surface area contributed by atoms with Gasteiger partial charge < -0.3 is 24.8 Å². The lowest BCUT2D eigenvalue weighted by molar-refractivity contribution is -0.116. The van der Waals surface area contributed by atoms with E-state index in [4.69, 9.17) is 16.3 Å². The summed E-state index contributed by atoms with van der Waals surface area (Å²) < 4.78 is 8.67. The van der Waals surface area contributed by atoms with Crippen molar-refractivity contribution in [2.75, 3.05) is 17.7 Å². The highest BCUT2D eigenvalue weighted by atomic mass is 35.5. The topological polar surface area (TPSA) is 89.2 Å². The molecular weight excluding hydrogens is 442 g/mol. The number of rotatable bonds is 11. The maximum absolute atomic E-state index is 12.0. The van der Waals surface area contributed by atoms with Crippen LogP contribution in [0.5, 0.6) is 5.88 Å². The average molecular weight is 468 g/mol. The summed E-state index contributed by atoms with van der Waals surface area (Å²) in [5, 5.41) is 11.1. The van der Waals surface area contributed by atoms with Crippen LogP contribution in [0.25, 0.3) is 5.70 Å². The van der Waals surface area contributed by atoms with E-state index in [1.54, 1.807) is 48.0 Å². The fourth-order valence-corrected chi connectivity index (χ4v) is 3.24. The number of methoxy groups -OCH3 is 1. The van der Waals surface area contributed by atoms with Crippen LogP contribution < -0.4 is 15.4 Å². The number of allylic oxidation sites excluding steroid dienone is 1. The van der Waals surface area contributed by atoms with Gasteiger partial charge in [0.2, 0.25) is 6.41 Å². The molecule has 172 valence electrons. The number of nitrogens with one attached hydrogen (secondary N) is 2. The summed E-state index contributed by atoms with van der Waals surface area (Å²) in [5.41, 5.74) is 3.60. The van der Waals surface area contributed by atoms with E-state index in [0.29, 0.717) is 40.5 Å². The molecular formula is C23H26ClN7O2. The van der Waals surface area contributed by atoms with E-state index in [0.717, 1.165) is 17.7 Å². The minimum atomic E-state index is 0.326. The Bertz CT molecular complexity index is 1200. The lowest BCUT2D eigenvalue weighted by Gasteiger charge is -2.17. The molecule has 0 spiro atoms. The van der Waals surface area contributed by atoms with Gasteiger partial charge in [-0.05, 0) is 23.8 Å². The van der Waals surface area contributed by atoms with Crippen LogP contribution in [-0.2, 0) is 25.4 Å². The zero-order valence-corrected chi connectivity index (χ0v) is 19.5. The molecule has 0 saturated carbocycles. The Morgan fingerprint density at radius 3 is 2.76 bits per heavy atom. The molecule has 33 heavy (non-hydrogen) atoms. The minimum Gasteiger partial charge on any atom is -0.478 e. The molecule has 1 aromatic carbocycles. The number of benzene rings is 1. The van der Waals surface area contributed by atoms with E-state index in [1.165, 1.54) is 12.0 Å². The zero-order valence-electron chi connectivity index (χ0n) is 18.7. The molecule has 0 saturated heterocycles. The summed E-state index contributed by atoms with van der Waals surface area (Å²) in [5.74, 6) is 0.943. The summed E-state index contributed by atoms with van der Waals surface area (Å²) in [4.78, 5) is 17.9. The van der Waals surface area contributed by atoms with E-state index in [1.807, 2.05) is 24.3 Å². The number of nitrogens with zero attached hydrogens (tertiary/aromatic N) is 5. The molecule has 0 radical (unpaired) electrons. The van der Waals surface area contributed by atoms with Crippen molar-refractivity contribution in [1.29, 1.82) is 0 Å². The molecule has 0 aliphatic carbocycles. The second-order valence-electron chi connectivity index (χ2n) is 7.19. The van der Waals surface area contributed by atoms with Gasteiger partial charge in [0.15, 0.2) is 5.82 Å². The van der Waals surface area contributed by atoms with Crippen LogP contribution >= 0.6 is 11.6 Å². The van der Waals surface area contributed by atoms with Crippen LogP contribution in [0.1, 0.15) is 11.4 Å². The molecule has 1 amide bonds. The molecule has 0 fully saturated rings. The Hall–Kier alpha value is -3.98. The zero-order chi connectivity index (χ0) is 24.0. The number of hydrogen-bond acceptors (Lipinski definition) is 6. The third-order valence-corrected chi connectivity index (χ3v) is 5.05. The fraction of sp³-hybridized carbons (Fsp3) is 0.174. The van der Waals surface area contributed by atoms with Gasteiger partial charge >= 0.3 is 0 Å². The van der Waals surface area contributed by atoms with Crippen LogP contribution in [-0.4, -0.2) is 37.8 Å². The van der Waals surface area contributed by atoms with Gasteiger partial charge in [-0.3, -0.25) is 9.48 Å². The standard InChI is InChI=1S/C23H26ClN7O2/c1-6-16(2)26-18-9-7-8-17(10-18)12-31(15-32)14-19(22-25-11-21(24)30(22)4)27-20-13-29(3)28-23(20)33-5/h6-11,13-15,26-27H,1-2,12H2,3-5H3/b19-14+. The first-order chi connectivity index (χ1) is 15.8. The molecule has 9 nitrogen and oxygen atoms in total. The first-order valence-corrected chi connectivity index (χ1v) is 10.3. The Balaban J connectivity index is 1.93. The Labute approximate surface area is 197 Å². The Kier molecular flexibility index (Phi) is 7.57. The van der Waals surface area contributed by atoms with Gasteiger partial charge in [-0.2, -0.15) is 0 Å². The third kappa shape index (κ3) is 5.83. The van der Waals surface area contributed by atoms with Crippen molar-refractivity contribution in [3.05, 3.63) is 84.3 Å². The van der Waals surface area contributed by atoms with Crippen LogP contribution in [0.2, 0.25) is 5.15 Å². The summed E-state index contributed by atoms with van der Waals surface area (Å²) in [6.45, 7) is 7.89. The highest BCUT2D eigenvalue weighted by molar-refractivity contribution is 6.29. The second kappa shape index (κ2) is 10.6. The van der Waals surface area contributed by atoms with Gasteiger partial charge in [-0.15, -0.1) is 5.10 Å². The van der Waals surface area contributed by atoms with Crippen LogP contribution in [0, 0.1) is 0 Å². The summed E-state index contributed by atoms with van der Waals surface area (Å²) in [6.07, 6.45) is 7.36. The van der Waals surface area contributed by atoms with Gasteiger partial charge in [0.25, 0.3) is 5.88 Å². The normalized spacial score (nSPS) is 11.1. The molecule has 2 heterocycles. The molecule has 0 atom stereocenters. The monoisotopic (exact) mass is 467 g/mol. The summed E-state index contributed by atoms with van der Waals surface area (Å²) >= 11 is 6.21. The van der Waals surface area contributed by atoms with Gasteiger partial charge in [-0.25, -0.2) is 4.98 Å². The third-order valence-electron chi connectivity index (χ3n) is 4.70. The Morgan fingerprint density at radius 2 is 2.12 bits per heavy atom. The van der Waals surface area contributed by atoms with Crippen LogP contribution in [0.15, 0.2) is 67.8 Å². The molecule has 3 aromatic rings. The number of halogens is 1. The lowest BCUT2D eigenvalue weighted by atomic mass is 10.2. The number of aryl methyl sites for hydroxylation is 1. The predicted octanol–water partition coefficient (Wildman–Crippen LogP) is 4.00. The van der Waals surface area contributed by atoms with Gasteiger partial charge in [0.1, 0.15) is 10.8 Å². The molecule has 2 N–H and O–H groups in total. The van der Waals surface area contributed by atoms with Crippen molar-refractivity contribution in [2.45, 2.75) is 6.54 Å². The van der Waals surface area contributed by atoms with E-state index in [-0.39, 0.29) is 0 Å². The SMILES string of the molecule is C=CC(=C)Nc1cccc(CN(C=O)/C=C(/Nc2cn(C)nc2OC)c2ncc(Cl)n2C)c1. The van der Waals surface area contributed by atoms with Crippen LogP contribution in [0.4, 0.5) is 11.4 Å². The van der Waals surface area contributed by atoms with E-state index >= 15 is 0 Å². The van der Waals surface area contributed by atoms with Crippen molar-refractivity contribution in [1.82, 2.24) is 24.2 Å². The van der Waals surface area contributed by atoms with Gasteiger partial charge in [-0.1, -0.05) is 36.9 Å². The maximum atomic E-state index is 12.0. The number of aromatic nitrogens is 4. The summed E-state index contributed by atoms with van der Waals surface area (Å²) in [6, 6.07) is 7.69. The molecule has 3 rings (SSSR count). The molecule has 10 heteroatoms. The number of amides is 1. The largest absolute Gasteiger partial charge is 0.478 e. The van der Waals surface area contributed by atoms with E-state index in [9.17, 15) is 4.79 Å². The number of anilines is 2. The Morgan fingerprint density at radius 1 is 1.33 bits per heavy atom. The van der Waals surface area contributed by atoms with E-state index < -0.39 is 0 Å². The molecule has 0 unspecified atom stereocenters. The first kappa shape index (κ1) is 23.7. The summed E-state index contributed by atoms with van der Waals surface area (Å²) in [7, 11) is 5.11. The van der Waals surface area contributed by atoms with Gasteiger partial charge in [0.05, 0.1) is 31.7 Å². The van der Waals surface area contributed by atoms with Crippen molar-refractivity contribution in [3.63, 3.8) is 0 Å². The highest BCUT2D eigenvalue weighted by Crippen LogP contribution is 2.27. The highest BCUT2D eigenvalue weighted by Gasteiger charge is 2.17. The molecule has 0 bridgehead atoms. The van der Waals surface area contributed by atoms with Crippen LogP contribution in [0.3, 0.4) is 0 Å². The van der Waals surface area contributed by atoms with E-state index in [2.05, 4.69) is 33.9 Å². The second-order valence-corrected chi connectivity index (χ2v) is 7.58. The maximum Gasteiger partial charge on any atom is 0.256 e.